The highest BCUT2D eigenvalue weighted by Crippen LogP contribution is 2.42. The number of halogens is 1. The molecule has 0 saturated heterocycles. The molecule has 2 bridgehead atoms. The van der Waals surface area contributed by atoms with Gasteiger partial charge in [-0.05, 0) is 61.8 Å². The molecule has 0 aromatic heterocycles. The number of carbonyl (C=O) groups excluding carboxylic acids is 1. The lowest BCUT2D eigenvalue weighted by atomic mass is 9.65. The zero-order valence-electron chi connectivity index (χ0n) is 13.0. The van der Waals surface area contributed by atoms with E-state index in [2.05, 4.69) is 5.32 Å². The molecular formula is C17H25ClN2O2. The van der Waals surface area contributed by atoms with Gasteiger partial charge in [-0.1, -0.05) is 6.42 Å². The summed E-state index contributed by atoms with van der Waals surface area (Å²) in [7, 11) is 1.64. The molecule has 3 N–H and O–H groups in total. The Bertz CT molecular complexity index is 492. The Hall–Kier alpha value is -1.26. The topological polar surface area (TPSA) is 64.3 Å². The second-order valence-electron chi connectivity index (χ2n) is 6.41. The lowest BCUT2D eigenvalue weighted by Gasteiger charge is -2.43. The quantitative estimate of drug-likeness (QED) is 0.897. The second-order valence-corrected chi connectivity index (χ2v) is 6.41. The van der Waals surface area contributed by atoms with Gasteiger partial charge in [0, 0.05) is 17.6 Å². The van der Waals surface area contributed by atoms with Crippen LogP contribution in [0, 0.1) is 17.8 Å². The monoisotopic (exact) mass is 324 g/mol. The number of nitrogens with two attached hydrogens (primary N) is 1. The van der Waals surface area contributed by atoms with Crippen LogP contribution in [-0.4, -0.2) is 19.1 Å². The Morgan fingerprint density at radius 2 is 1.77 bits per heavy atom. The predicted octanol–water partition coefficient (Wildman–Crippen LogP) is 3.21. The van der Waals surface area contributed by atoms with Crippen molar-refractivity contribution in [3.05, 3.63) is 24.3 Å². The van der Waals surface area contributed by atoms with Gasteiger partial charge in [0.25, 0.3) is 0 Å². The third-order valence-corrected chi connectivity index (χ3v) is 5.14. The smallest absolute Gasteiger partial charge is 0.227 e. The van der Waals surface area contributed by atoms with Crippen LogP contribution in [0.5, 0.6) is 5.75 Å². The van der Waals surface area contributed by atoms with Gasteiger partial charge in [0.1, 0.15) is 5.75 Å². The molecule has 2 aliphatic carbocycles. The van der Waals surface area contributed by atoms with Crippen LogP contribution in [0.1, 0.15) is 32.1 Å². The molecule has 2 aliphatic rings. The molecule has 0 aliphatic heterocycles. The Morgan fingerprint density at radius 1 is 1.18 bits per heavy atom. The number of fused-ring (bicyclic) bond motifs is 2. The van der Waals surface area contributed by atoms with E-state index >= 15 is 0 Å². The number of carbonyl (C=O) groups is 1. The maximum Gasteiger partial charge on any atom is 0.227 e. The Kier molecular flexibility index (Phi) is 5.70. The first-order valence-corrected chi connectivity index (χ1v) is 7.88. The molecule has 122 valence electrons. The average Bonchev–Trinajstić information content (AvgIpc) is 2.47. The summed E-state index contributed by atoms with van der Waals surface area (Å²) in [6.07, 6.45) is 5.53. The fourth-order valence-electron chi connectivity index (χ4n) is 3.92. The first kappa shape index (κ1) is 17.1. The van der Waals surface area contributed by atoms with Gasteiger partial charge in [-0.2, -0.15) is 0 Å². The molecule has 0 radical (unpaired) electrons. The SMILES string of the molecule is COc1ccc(NC(=O)C2CC3CCCC(C2)C3N)cc1.Cl. The molecule has 2 unspecified atom stereocenters. The second kappa shape index (κ2) is 7.34. The molecule has 3 rings (SSSR count). The molecular weight excluding hydrogens is 300 g/mol. The van der Waals surface area contributed by atoms with Crippen LogP contribution in [0.4, 0.5) is 5.69 Å². The van der Waals surface area contributed by atoms with Crippen LogP contribution < -0.4 is 15.8 Å². The molecule has 2 atom stereocenters. The number of ether oxygens (including phenoxy) is 1. The summed E-state index contributed by atoms with van der Waals surface area (Å²) < 4.78 is 5.13. The molecule has 2 fully saturated rings. The standard InChI is InChI=1S/C17H24N2O2.ClH/c1-21-15-7-5-14(6-8-15)19-17(20)13-9-11-3-2-4-12(10-13)16(11)18;/h5-8,11-13,16H,2-4,9-10,18H2,1H3,(H,19,20);1H. The first-order chi connectivity index (χ1) is 10.2. The van der Waals surface area contributed by atoms with E-state index in [4.69, 9.17) is 10.5 Å². The normalized spacial score (nSPS) is 30.1. The van der Waals surface area contributed by atoms with Crippen LogP contribution in [0.25, 0.3) is 0 Å². The first-order valence-electron chi connectivity index (χ1n) is 7.88. The summed E-state index contributed by atoms with van der Waals surface area (Å²) in [4.78, 5) is 12.5. The highest BCUT2D eigenvalue weighted by atomic mass is 35.5. The lowest BCUT2D eigenvalue weighted by molar-refractivity contribution is -0.122. The summed E-state index contributed by atoms with van der Waals surface area (Å²) in [5, 5.41) is 3.03. The Labute approximate surface area is 138 Å². The molecule has 5 heteroatoms. The zero-order valence-corrected chi connectivity index (χ0v) is 13.8. The number of nitrogens with one attached hydrogen (secondary N) is 1. The van der Waals surface area contributed by atoms with Crippen molar-refractivity contribution in [2.24, 2.45) is 23.5 Å². The maximum absolute atomic E-state index is 12.5. The highest BCUT2D eigenvalue weighted by Gasteiger charge is 2.40. The number of amides is 1. The van der Waals surface area contributed by atoms with Crippen molar-refractivity contribution < 1.29 is 9.53 Å². The van der Waals surface area contributed by atoms with Gasteiger partial charge < -0.3 is 15.8 Å². The van der Waals surface area contributed by atoms with Gasteiger partial charge in [-0.15, -0.1) is 12.4 Å². The maximum atomic E-state index is 12.5. The van der Waals surface area contributed by atoms with Crippen LogP contribution in [0.3, 0.4) is 0 Å². The fraction of sp³-hybridized carbons (Fsp3) is 0.588. The number of benzene rings is 1. The van der Waals surface area contributed by atoms with E-state index in [1.165, 1.54) is 19.3 Å². The molecule has 2 saturated carbocycles. The van der Waals surface area contributed by atoms with Crippen molar-refractivity contribution in [2.75, 3.05) is 12.4 Å². The van der Waals surface area contributed by atoms with Crippen molar-refractivity contribution >= 4 is 24.0 Å². The number of methoxy groups -OCH3 is 1. The fourth-order valence-corrected chi connectivity index (χ4v) is 3.92. The number of hydrogen-bond acceptors (Lipinski definition) is 3. The third kappa shape index (κ3) is 3.55. The van der Waals surface area contributed by atoms with Gasteiger partial charge >= 0.3 is 0 Å². The van der Waals surface area contributed by atoms with E-state index in [1.807, 2.05) is 24.3 Å². The minimum Gasteiger partial charge on any atom is -0.497 e. The van der Waals surface area contributed by atoms with Crippen LogP contribution in [0.15, 0.2) is 24.3 Å². The van der Waals surface area contributed by atoms with Gasteiger partial charge in [0.15, 0.2) is 0 Å². The van der Waals surface area contributed by atoms with E-state index in [9.17, 15) is 4.79 Å². The van der Waals surface area contributed by atoms with E-state index < -0.39 is 0 Å². The minimum absolute atomic E-state index is 0. The summed E-state index contributed by atoms with van der Waals surface area (Å²) in [5.74, 6) is 2.12. The van der Waals surface area contributed by atoms with Crippen molar-refractivity contribution in [3.63, 3.8) is 0 Å². The van der Waals surface area contributed by atoms with E-state index in [1.54, 1.807) is 7.11 Å². The molecule has 0 spiro atoms. The third-order valence-electron chi connectivity index (χ3n) is 5.14. The van der Waals surface area contributed by atoms with Crippen molar-refractivity contribution in [1.82, 2.24) is 0 Å². The molecule has 1 aromatic carbocycles. The van der Waals surface area contributed by atoms with Gasteiger partial charge in [-0.25, -0.2) is 0 Å². The highest BCUT2D eigenvalue weighted by molar-refractivity contribution is 5.92. The van der Waals surface area contributed by atoms with Gasteiger partial charge in [0.2, 0.25) is 5.91 Å². The summed E-state index contributed by atoms with van der Waals surface area (Å²) in [6, 6.07) is 7.80. The molecule has 22 heavy (non-hydrogen) atoms. The number of rotatable bonds is 3. The molecule has 4 nitrogen and oxygen atoms in total. The van der Waals surface area contributed by atoms with E-state index in [0.717, 1.165) is 24.3 Å². The number of anilines is 1. The van der Waals surface area contributed by atoms with Gasteiger partial charge in [0.05, 0.1) is 7.11 Å². The van der Waals surface area contributed by atoms with Crippen molar-refractivity contribution in [1.29, 1.82) is 0 Å². The van der Waals surface area contributed by atoms with E-state index in [-0.39, 0.29) is 24.2 Å². The molecule has 0 heterocycles. The zero-order chi connectivity index (χ0) is 14.8. The summed E-state index contributed by atoms with van der Waals surface area (Å²) >= 11 is 0. The van der Waals surface area contributed by atoms with Crippen LogP contribution in [0.2, 0.25) is 0 Å². The largest absolute Gasteiger partial charge is 0.497 e. The molecule has 1 aromatic rings. The Balaban J connectivity index is 0.00000176. The van der Waals surface area contributed by atoms with E-state index in [0.29, 0.717) is 17.9 Å². The Morgan fingerprint density at radius 3 is 2.32 bits per heavy atom. The summed E-state index contributed by atoms with van der Waals surface area (Å²) in [6.45, 7) is 0. The van der Waals surface area contributed by atoms with Crippen LogP contribution in [-0.2, 0) is 4.79 Å². The van der Waals surface area contributed by atoms with Crippen LogP contribution >= 0.6 is 12.4 Å². The molecule has 1 amide bonds. The van der Waals surface area contributed by atoms with Crippen molar-refractivity contribution in [3.8, 4) is 5.75 Å². The predicted molar refractivity (Wildman–Crippen MR) is 90.4 cm³/mol. The summed E-state index contributed by atoms with van der Waals surface area (Å²) in [5.41, 5.74) is 7.12. The number of hydrogen-bond donors (Lipinski definition) is 2. The lowest BCUT2D eigenvalue weighted by Crippen LogP contribution is -2.48. The van der Waals surface area contributed by atoms with Crippen molar-refractivity contribution in [2.45, 2.75) is 38.1 Å². The van der Waals surface area contributed by atoms with Gasteiger partial charge in [-0.3, -0.25) is 4.79 Å². The minimum atomic E-state index is 0. The average molecular weight is 325 g/mol.